The second kappa shape index (κ2) is 7.59. The quantitative estimate of drug-likeness (QED) is 0.642. The predicted molar refractivity (Wildman–Crippen MR) is 88.9 cm³/mol. The molecule has 2 N–H and O–H groups in total. The zero-order valence-electron chi connectivity index (χ0n) is 12.6. The Morgan fingerprint density at radius 1 is 1.45 bits per heavy atom. The van der Waals surface area contributed by atoms with Crippen molar-refractivity contribution in [2.24, 2.45) is 0 Å². The number of esters is 1. The largest absolute Gasteiger partial charge is 0.465 e. The van der Waals surface area contributed by atoms with E-state index in [1.807, 2.05) is 13.8 Å². The highest BCUT2D eigenvalue weighted by molar-refractivity contribution is 7.80. The van der Waals surface area contributed by atoms with Crippen molar-refractivity contribution in [1.29, 1.82) is 0 Å². The van der Waals surface area contributed by atoms with Crippen LogP contribution in [0.1, 0.15) is 47.5 Å². The normalized spacial score (nSPS) is 11.8. The van der Waals surface area contributed by atoms with Crippen LogP contribution in [0.3, 0.4) is 0 Å². The highest BCUT2D eigenvalue weighted by Gasteiger charge is 2.20. The van der Waals surface area contributed by atoms with Gasteiger partial charge in [-0.1, -0.05) is 13.3 Å². The van der Waals surface area contributed by atoms with E-state index in [4.69, 9.17) is 17.0 Å². The Morgan fingerprint density at radius 2 is 2.10 bits per heavy atom. The zero-order valence-corrected chi connectivity index (χ0v) is 14.3. The first-order chi connectivity index (χ1) is 9.40. The summed E-state index contributed by atoms with van der Waals surface area (Å²) in [6, 6.07) is 0.309. The summed E-state index contributed by atoms with van der Waals surface area (Å²) in [5, 5.41) is 7.61. The number of methoxy groups -OCH3 is 1. The summed E-state index contributed by atoms with van der Waals surface area (Å²) in [7, 11) is 1.39. The van der Waals surface area contributed by atoms with Crippen LogP contribution >= 0.6 is 23.6 Å². The van der Waals surface area contributed by atoms with Crippen molar-refractivity contribution >= 4 is 39.6 Å². The zero-order chi connectivity index (χ0) is 15.3. The third-order valence-corrected chi connectivity index (χ3v) is 4.44. The van der Waals surface area contributed by atoms with Gasteiger partial charge in [0.05, 0.1) is 12.7 Å². The number of hydrogen-bond acceptors (Lipinski definition) is 4. The number of rotatable bonds is 5. The Morgan fingerprint density at radius 3 is 2.65 bits per heavy atom. The molecule has 1 atom stereocenters. The first-order valence-electron chi connectivity index (χ1n) is 6.66. The number of thiophene rings is 1. The lowest BCUT2D eigenvalue weighted by Gasteiger charge is -2.16. The van der Waals surface area contributed by atoms with Gasteiger partial charge in [0.15, 0.2) is 5.11 Å². The number of nitrogens with one attached hydrogen (secondary N) is 2. The molecule has 0 saturated carbocycles. The lowest BCUT2D eigenvalue weighted by atomic mass is 10.1. The van der Waals surface area contributed by atoms with Crippen molar-refractivity contribution < 1.29 is 9.53 Å². The van der Waals surface area contributed by atoms with Gasteiger partial charge in [0.1, 0.15) is 5.00 Å². The standard InChI is InChI=1S/C14H22N2O2S2/c1-6-7-8(2)15-14(19)16-12-11(13(17)18-5)9(3)10(4)20-12/h8H,6-7H2,1-5H3,(H2,15,16,19). The first kappa shape index (κ1) is 16.9. The summed E-state index contributed by atoms with van der Waals surface area (Å²) in [4.78, 5) is 12.9. The molecule has 1 aromatic rings. The number of ether oxygens (including phenoxy) is 1. The maximum atomic E-state index is 11.9. The second-order valence-corrected chi connectivity index (χ2v) is 6.40. The van der Waals surface area contributed by atoms with Crippen LogP contribution in [-0.2, 0) is 4.74 Å². The minimum atomic E-state index is -0.334. The molecule has 0 bridgehead atoms. The van der Waals surface area contributed by atoms with Crippen LogP contribution in [0.2, 0.25) is 0 Å². The predicted octanol–water partition coefficient (Wildman–Crippen LogP) is 3.63. The molecule has 0 radical (unpaired) electrons. The molecular formula is C14H22N2O2S2. The Kier molecular flexibility index (Phi) is 6.42. The van der Waals surface area contributed by atoms with Gasteiger partial charge in [0, 0.05) is 10.9 Å². The van der Waals surface area contributed by atoms with Crippen molar-refractivity contribution in [1.82, 2.24) is 5.32 Å². The molecule has 6 heteroatoms. The number of thiocarbonyl (C=S) groups is 1. The van der Waals surface area contributed by atoms with E-state index >= 15 is 0 Å². The summed E-state index contributed by atoms with van der Waals surface area (Å²) in [5.41, 5.74) is 1.51. The van der Waals surface area contributed by atoms with Crippen LogP contribution in [-0.4, -0.2) is 24.2 Å². The summed E-state index contributed by atoms with van der Waals surface area (Å²) in [6.45, 7) is 8.12. The smallest absolute Gasteiger partial charge is 0.341 e. The van der Waals surface area contributed by atoms with E-state index in [-0.39, 0.29) is 5.97 Å². The lowest BCUT2D eigenvalue weighted by molar-refractivity contribution is 0.0601. The topological polar surface area (TPSA) is 50.4 Å². The van der Waals surface area contributed by atoms with Gasteiger partial charge in [-0.15, -0.1) is 11.3 Å². The van der Waals surface area contributed by atoms with E-state index in [0.717, 1.165) is 28.3 Å². The van der Waals surface area contributed by atoms with Gasteiger partial charge < -0.3 is 15.4 Å². The summed E-state index contributed by atoms with van der Waals surface area (Å²) < 4.78 is 4.84. The van der Waals surface area contributed by atoms with Crippen LogP contribution in [0.4, 0.5) is 5.00 Å². The van der Waals surface area contributed by atoms with Crippen molar-refractivity contribution in [3.63, 3.8) is 0 Å². The molecule has 0 aromatic carbocycles. The van der Waals surface area contributed by atoms with Crippen LogP contribution in [0.5, 0.6) is 0 Å². The SMILES string of the molecule is CCCC(C)NC(=S)Nc1sc(C)c(C)c1C(=O)OC. The van der Waals surface area contributed by atoms with Gasteiger partial charge in [-0.2, -0.15) is 0 Å². The number of aryl methyl sites for hydroxylation is 1. The Labute approximate surface area is 129 Å². The van der Waals surface area contributed by atoms with Gasteiger partial charge in [-0.25, -0.2) is 4.79 Å². The number of anilines is 1. The molecule has 4 nitrogen and oxygen atoms in total. The van der Waals surface area contributed by atoms with Crippen LogP contribution in [0, 0.1) is 13.8 Å². The van der Waals surface area contributed by atoms with E-state index < -0.39 is 0 Å². The van der Waals surface area contributed by atoms with Gasteiger partial charge in [0.2, 0.25) is 0 Å². The Balaban J connectivity index is 2.84. The molecular weight excluding hydrogens is 292 g/mol. The third kappa shape index (κ3) is 4.18. The molecule has 0 spiro atoms. The monoisotopic (exact) mass is 314 g/mol. The maximum absolute atomic E-state index is 11.9. The second-order valence-electron chi connectivity index (χ2n) is 4.77. The number of carbonyl (C=O) groups is 1. The first-order valence-corrected chi connectivity index (χ1v) is 7.88. The van der Waals surface area contributed by atoms with Crippen LogP contribution in [0.25, 0.3) is 0 Å². The molecule has 0 fully saturated rings. The molecule has 0 aliphatic rings. The molecule has 1 aromatic heterocycles. The fourth-order valence-corrected chi connectivity index (χ4v) is 3.35. The highest BCUT2D eigenvalue weighted by Crippen LogP contribution is 2.32. The van der Waals surface area contributed by atoms with Gasteiger partial charge in [-0.3, -0.25) is 0 Å². The lowest BCUT2D eigenvalue weighted by Crippen LogP contribution is -2.35. The van der Waals surface area contributed by atoms with Crippen molar-refractivity contribution in [3.8, 4) is 0 Å². The molecule has 1 heterocycles. The summed E-state index contributed by atoms with van der Waals surface area (Å²) in [5.74, 6) is -0.334. The minimum absolute atomic E-state index is 0.309. The molecule has 20 heavy (non-hydrogen) atoms. The van der Waals surface area contributed by atoms with Crippen molar-refractivity contribution in [2.75, 3.05) is 12.4 Å². The Hall–Kier alpha value is -1.14. The summed E-state index contributed by atoms with van der Waals surface area (Å²) in [6.07, 6.45) is 2.15. The highest BCUT2D eigenvalue weighted by atomic mass is 32.1. The van der Waals surface area contributed by atoms with Gasteiger partial charge in [-0.05, 0) is 45.0 Å². The van der Waals surface area contributed by atoms with Crippen LogP contribution in [0.15, 0.2) is 0 Å². The fraction of sp³-hybridized carbons (Fsp3) is 0.571. The van der Waals surface area contributed by atoms with Crippen LogP contribution < -0.4 is 10.6 Å². The number of hydrogen-bond donors (Lipinski definition) is 2. The molecule has 0 aliphatic carbocycles. The molecule has 0 amide bonds. The molecule has 0 aliphatic heterocycles. The average Bonchev–Trinajstić information content (AvgIpc) is 2.64. The van der Waals surface area contributed by atoms with E-state index in [9.17, 15) is 4.79 Å². The Bertz CT molecular complexity index is 498. The van der Waals surface area contributed by atoms with Crippen molar-refractivity contribution in [2.45, 2.75) is 46.6 Å². The maximum Gasteiger partial charge on any atom is 0.341 e. The number of carbonyl (C=O) groups excluding carboxylic acids is 1. The van der Waals surface area contributed by atoms with E-state index in [0.29, 0.717) is 16.7 Å². The molecule has 1 unspecified atom stereocenters. The molecule has 112 valence electrons. The molecule has 1 rings (SSSR count). The molecule has 0 saturated heterocycles. The van der Waals surface area contributed by atoms with E-state index in [2.05, 4.69) is 24.5 Å². The average molecular weight is 314 g/mol. The fourth-order valence-electron chi connectivity index (χ4n) is 1.93. The van der Waals surface area contributed by atoms with Crippen molar-refractivity contribution in [3.05, 3.63) is 16.0 Å². The summed E-state index contributed by atoms with van der Waals surface area (Å²) >= 11 is 6.81. The van der Waals surface area contributed by atoms with Gasteiger partial charge >= 0.3 is 5.97 Å². The van der Waals surface area contributed by atoms with E-state index in [1.54, 1.807) is 0 Å². The third-order valence-electron chi connectivity index (χ3n) is 3.10. The van der Waals surface area contributed by atoms with Gasteiger partial charge in [0.25, 0.3) is 0 Å². The van der Waals surface area contributed by atoms with E-state index in [1.165, 1.54) is 18.4 Å². The minimum Gasteiger partial charge on any atom is -0.465 e.